The van der Waals surface area contributed by atoms with Crippen molar-refractivity contribution in [1.82, 2.24) is 0 Å². The van der Waals surface area contributed by atoms with Crippen LogP contribution < -0.4 is 27.2 Å². The molecule has 0 bridgehead atoms. The molecule has 0 aliphatic heterocycles. The van der Waals surface area contributed by atoms with E-state index in [1.807, 2.05) is 0 Å². The van der Waals surface area contributed by atoms with Gasteiger partial charge in [-0.25, -0.2) is 140 Å². The number of benzene rings is 10. The molecule has 0 aromatic heterocycles. The largest absolute Gasteiger partial charge is 0.419 e. The van der Waals surface area contributed by atoms with Crippen molar-refractivity contribution in [2.45, 2.75) is 145 Å². The first-order chi connectivity index (χ1) is 53.3. The van der Waals surface area contributed by atoms with Gasteiger partial charge in [-0.2, -0.15) is 13.2 Å². The number of hydrogen-bond donors (Lipinski definition) is 1. The normalized spacial score (nSPS) is 12.3. The minimum atomic E-state index is -7.12. The summed E-state index contributed by atoms with van der Waals surface area (Å²) >= 11 is 0. The van der Waals surface area contributed by atoms with E-state index >= 15 is 105 Å². The van der Waals surface area contributed by atoms with Gasteiger partial charge < -0.3 is 5.32 Å². The molecule has 2 N–H and O–H groups in total. The number of alkyl halides is 3. The van der Waals surface area contributed by atoms with Crippen LogP contribution in [0, 0.1) is 199 Å². The van der Waals surface area contributed by atoms with Crippen molar-refractivity contribution in [3.8, 4) is 11.1 Å². The monoisotopic (exact) mass is 1670 g/mol. The highest BCUT2D eigenvalue weighted by Gasteiger charge is 2.52. The Balaban J connectivity index is 0.000000322. The van der Waals surface area contributed by atoms with Crippen molar-refractivity contribution >= 4 is 71.1 Å². The van der Waals surface area contributed by atoms with Crippen LogP contribution in [0.5, 0.6) is 0 Å². The van der Waals surface area contributed by atoms with Crippen LogP contribution in [-0.2, 0) is 31.9 Å². The van der Waals surface area contributed by atoms with Crippen LogP contribution in [0.25, 0.3) is 54.2 Å². The lowest BCUT2D eigenvalue weighted by molar-refractivity contribution is -0.656. The number of unbranched alkanes of at least 4 members (excludes halogenated alkanes) is 4. The second-order valence-electron chi connectivity index (χ2n) is 26.3. The summed E-state index contributed by atoms with van der Waals surface area (Å²) in [7, 11) is 0. The third kappa shape index (κ3) is 14.4. The predicted octanol–water partition coefficient (Wildman–Crippen LogP) is 22.8. The molecule has 618 valence electrons. The summed E-state index contributed by atoms with van der Waals surface area (Å²) in [6.07, 6.45) is -6.15. The van der Waals surface area contributed by atoms with Crippen molar-refractivity contribution in [2.24, 2.45) is 5.92 Å². The van der Waals surface area contributed by atoms with E-state index in [1.165, 1.54) is 70.9 Å². The first-order valence-corrected chi connectivity index (χ1v) is 34.7. The van der Waals surface area contributed by atoms with E-state index in [1.54, 1.807) is 0 Å². The highest BCUT2D eigenvalue weighted by atomic mass is 19.4. The molecule has 1 nitrogen and oxygen atoms in total. The Morgan fingerprint density at radius 1 is 0.254 bits per heavy atom. The maximum absolute atomic E-state index is 18.1. The molecule has 1 atom stereocenters. The first kappa shape index (κ1) is 90.4. The molecule has 0 aliphatic carbocycles. The number of rotatable bonds is 21. The molecule has 0 aliphatic rings. The molecule has 0 radical (unpaired) electrons. The minimum absolute atomic E-state index is 0.362. The lowest BCUT2D eigenvalue weighted by atomic mass is 9.11. The Bertz CT molecular complexity index is 4980. The van der Waals surface area contributed by atoms with Crippen molar-refractivity contribution < 1.29 is 159 Å². The number of quaternary nitrogens is 1. The molecule has 10 aromatic carbocycles. The lowest BCUT2D eigenvalue weighted by Gasteiger charge is -2.48. The summed E-state index contributed by atoms with van der Waals surface area (Å²) in [5, 5.41) is -17.4. The van der Waals surface area contributed by atoms with E-state index in [0.717, 1.165) is 5.92 Å². The van der Waals surface area contributed by atoms with Gasteiger partial charge in [0.15, 0.2) is 157 Å². The summed E-state index contributed by atoms with van der Waals surface area (Å²) in [6, 6.07) is 0. The summed E-state index contributed by atoms with van der Waals surface area (Å²) in [4.78, 5) is 0. The van der Waals surface area contributed by atoms with E-state index in [0.29, 0.717) is 34.6 Å². The van der Waals surface area contributed by atoms with Gasteiger partial charge >= 0.3 is 6.18 Å². The van der Waals surface area contributed by atoms with E-state index in [-0.39, 0.29) is 0 Å². The van der Waals surface area contributed by atoms with Gasteiger partial charge in [-0.3, -0.25) is 0 Å². The second kappa shape index (κ2) is 34.7. The number of hydrogen-bond acceptors (Lipinski definition) is 0. The molecule has 37 heteroatoms. The average molecular weight is 1670 g/mol. The Morgan fingerprint density at radius 2 is 0.518 bits per heavy atom. The van der Waals surface area contributed by atoms with Gasteiger partial charge in [0.2, 0.25) is 5.82 Å². The Morgan fingerprint density at radius 3 is 0.781 bits per heavy atom. The van der Waals surface area contributed by atoms with E-state index in [9.17, 15) is 48.3 Å². The predicted molar refractivity (Wildman–Crippen MR) is 352 cm³/mol. The van der Waals surface area contributed by atoms with Gasteiger partial charge in [0.05, 0.1) is 40.2 Å². The van der Waals surface area contributed by atoms with Crippen LogP contribution in [0.3, 0.4) is 0 Å². The van der Waals surface area contributed by atoms with Crippen LogP contribution in [0.2, 0.25) is 0 Å². The first-order valence-electron chi connectivity index (χ1n) is 34.7. The van der Waals surface area contributed by atoms with Gasteiger partial charge in [-0.05, 0) is 107 Å². The Labute approximate surface area is 623 Å². The van der Waals surface area contributed by atoms with Gasteiger partial charge in [-0.1, -0.05) is 87.0 Å². The second-order valence-corrected chi connectivity index (χ2v) is 26.3. The average Bonchev–Trinajstić information content (AvgIpc) is 0.659. The SMILES string of the molecule is CCCCCC[NH2+]CCC(CC)CCCC.CCc1c(F)c(F)c(F)c2c(F)c(F)c(F)c([B-](c3c(F)c(F)c(F)c4c(F)c(F)c(F)c(CC)c34)(c3c(F)c(F)c(F)c4c(F)c(F)c(F)c(CC)c34)c3c(F)c(F)c(F)c4c(F)c(F)c(F)c(CC)c34)c12.Cc1c(F)c(F)c(F)c(C(F)(F)F)c1-c1c(F)c(F)c(F)c(F)c1F. The maximum Gasteiger partial charge on any atom is 0.419 e. The fourth-order valence-corrected chi connectivity index (χ4v) is 14.8. The van der Waals surface area contributed by atoms with Crippen LogP contribution in [0.15, 0.2) is 0 Å². The van der Waals surface area contributed by atoms with Crippen LogP contribution in [0.1, 0.15) is 140 Å². The third-order valence-corrected chi connectivity index (χ3v) is 20.2. The highest BCUT2D eigenvalue weighted by Crippen LogP contribution is 2.47. The summed E-state index contributed by atoms with van der Waals surface area (Å²) in [5.41, 5.74) is -27.9. The zero-order valence-electron chi connectivity index (χ0n) is 60.1. The summed E-state index contributed by atoms with van der Waals surface area (Å²) in [6.45, 7) is 12.4. The van der Waals surface area contributed by atoms with Crippen LogP contribution in [-0.4, -0.2) is 19.2 Å². The standard InChI is InChI=1S/C48H20BF24.C15H33N.C14H3F11/c1-5-9-13-17(29(54)41(66)25(9)50)33(58)45(70)37(62)21(13)49(22-14-10(6-2)26(51)42(67)30(55)18(14)34(59)46(71)38(22)63,23-15-11(7-3)27(52)43(68)31(56)19(15)35(60)47(72)39(23)64)24-16-12(8-4)28(53)44(69)32(57)20(16)36(61)48(73)40(24)65;1-4-7-9-10-13-16-14-12-15(6-3)11-8-5-2;1-2-3(4-7(16)11(20)13(22)12(21)8(4)17)5(14(23,24)25)9(18)10(19)6(2)15/h5-8H2,1-4H3;15-16H,4-14H2,1-3H3;1H3/q-1;;/p+1. The number of nitrogens with two attached hydrogens (primary N) is 1. The molecule has 114 heavy (non-hydrogen) atoms. The molecule has 0 saturated carbocycles. The van der Waals surface area contributed by atoms with Crippen molar-refractivity contribution in [3.05, 3.63) is 220 Å². The van der Waals surface area contributed by atoms with Crippen molar-refractivity contribution in [2.75, 3.05) is 13.1 Å². The number of halogens is 35. The fraction of sp³-hybridized carbons (Fsp3) is 0.325. The zero-order valence-corrected chi connectivity index (χ0v) is 60.1. The smallest absolute Gasteiger partial charge is 0.346 e. The van der Waals surface area contributed by atoms with Gasteiger partial charge in [0, 0.05) is 5.56 Å². The van der Waals surface area contributed by atoms with E-state index in [4.69, 9.17) is 0 Å². The van der Waals surface area contributed by atoms with Gasteiger partial charge in [0.1, 0.15) is 35.0 Å². The molecule has 0 heterocycles. The van der Waals surface area contributed by atoms with Crippen LogP contribution in [0.4, 0.5) is 154 Å². The molecule has 0 amide bonds. The minimum Gasteiger partial charge on any atom is -0.346 e. The summed E-state index contributed by atoms with van der Waals surface area (Å²) in [5.74, 6) is -95.0. The molecule has 0 saturated heterocycles. The van der Waals surface area contributed by atoms with Crippen molar-refractivity contribution in [3.63, 3.8) is 0 Å². The molecule has 0 spiro atoms. The number of aryl methyl sites for hydroxylation is 4. The Hall–Kier alpha value is -9.19. The third-order valence-electron chi connectivity index (χ3n) is 20.2. The lowest BCUT2D eigenvalue weighted by Crippen LogP contribution is -2.84. The Kier molecular flexibility index (Phi) is 27.5. The van der Waals surface area contributed by atoms with Crippen LogP contribution >= 0.6 is 0 Å². The number of fused-ring (bicyclic) bond motifs is 4. The van der Waals surface area contributed by atoms with Gasteiger partial charge in [0.25, 0.3) is 0 Å². The highest BCUT2D eigenvalue weighted by molar-refractivity contribution is 7.23. The fourth-order valence-electron chi connectivity index (χ4n) is 14.8. The summed E-state index contributed by atoms with van der Waals surface area (Å²) < 4.78 is 545. The van der Waals surface area contributed by atoms with Gasteiger partial charge in [-0.15, -0.1) is 21.9 Å². The van der Waals surface area contributed by atoms with E-state index < -0.39 is 334 Å². The topological polar surface area (TPSA) is 16.6 Å². The molecule has 10 rings (SSSR count). The molecular weight excluding hydrogens is 1610 g/mol. The van der Waals surface area contributed by atoms with Crippen molar-refractivity contribution in [1.29, 1.82) is 0 Å². The molecule has 10 aromatic rings. The quantitative estimate of drug-likeness (QED) is 0.0243. The maximum atomic E-state index is 18.1. The molecular formula is C77H57BF35N. The molecule has 0 fully saturated rings. The zero-order chi connectivity index (χ0) is 85.9. The van der Waals surface area contributed by atoms with E-state index in [2.05, 4.69) is 26.1 Å². The molecule has 1 unspecified atom stereocenters.